The summed E-state index contributed by atoms with van der Waals surface area (Å²) in [7, 11) is 0. The van der Waals surface area contributed by atoms with Gasteiger partial charge in [-0.1, -0.05) is 97.1 Å². The van der Waals surface area contributed by atoms with Crippen LogP contribution in [0.5, 0.6) is 11.5 Å². The molecule has 0 aliphatic carbocycles. The highest BCUT2D eigenvalue weighted by Crippen LogP contribution is 2.34. The Balaban J connectivity index is 1.59. The number of ether oxygens (including phenoxy) is 1. The second-order valence-electron chi connectivity index (χ2n) is 7.58. The van der Waals surface area contributed by atoms with Gasteiger partial charge in [-0.25, -0.2) is 0 Å². The van der Waals surface area contributed by atoms with Gasteiger partial charge < -0.3 is 14.9 Å². The molecular formula is C28H26O3. The lowest BCUT2D eigenvalue weighted by Crippen LogP contribution is -2.15. The minimum absolute atomic E-state index is 0.0943. The molecule has 2 N–H and O–H groups in total. The molecule has 3 heteroatoms. The van der Waals surface area contributed by atoms with Crippen molar-refractivity contribution in [2.24, 2.45) is 0 Å². The monoisotopic (exact) mass is 410 g/mol. The molecule has 0 heterocycles. The molecule has 4 aromatic carbocycles. The van der Waals surface area contributed by atoms with Crippen LogP contribution in [0, 0.1) is 0 Å². The van der Waals surface area contributed by atoms with Gasteiger partial charge in [0.15, 0.2) is 0 Å². The highest BCUT2D eigenvalue weighted by atomic mass is 16.5. The normalized spacial score (nSPS) is 12.9. The number of rotatable bonds is 8. The first-order valence-electron chi connectivity index (χ1n) is 10.5. The number of hydrogen-bond acceptors (Lipinski definition) is 3. The quantitative estimate of drug-likeness (QED) is 0.370. The van der Waals surface area contributed by atoms with Gasteiger partial charge in [0.1, 0.15) is 11.5 Å². The smallest absolute Gasteiger partial charge is 0.119 e. The molecule has 2 atom stereocenters. The molecule has 0 saturated carbocycles. The van der Waals surface area contributed by atoms with E-state index in [1.54, 1.807) is 12.1 Å². The van der Waals surface area contributed by atoms with E-state index in [9.17, 15) is 10.2 Å². The maximum absolute atomic E-state index is 10.5. The predicted octanol–water partition coefficient (Wildman–Crippen LogP) is 6.08. The van der Waals surface area contributed by atoms with Crippen molar-refractivity contribution in [1.29, 1.82) is 0 Å². The average molecular weight is 411 g/mol. The van der Waals surface area contributed by atoms with Gasteiger partial charge in [-0.05, 0) is 23.3 Å². The lowest BCUT2D eigenvalue weighted by molar-refractivity contribution is 0.119. The number of aromatic hydroxyl groups is 2. The van der Waals surface area contributed by atoms with Gasteiger partial charge in [-0.2, -0.15) is 0 Å². The van der Waals surface area contributed by atoms with Gasteiger partial charge >= 0.3 is 0 Å². The summed E-state index contributed by atoms with van der Waals surface area (Å²) in [4.78, 5) is 0. The Morgan fingerprint density at radius 3 is 1.23 bits per heavy atom. The molecule has 31 heavy (non-hydrogen) atoms. The second kappa shape index (κ2) is 9.96. The molecule has 0 amide bonds. The molecule has 0 saturated heterocycles. The molecule has 0 radical (unpaired) electrons. The van der Waals surface area contributed by atoms with E-state index in [4.69, 9.17) is 4.74 Å². The Kier molecular flexibility index (Phi) is 6.65. The largest absolute Gasteiger partial charge is 0.508 e. The number of benzene rings is 4. The van der Waals surface area contributed by atoms with Crippen molar-refractivity contribution in [3.05, 3.63) is 131 Å². The Labute approximate surface area is 183 Å². The van der Waals surface area contributed by atoms with Gasteiger partial charge in [0.2, 0.25) is 0 Å². The number of phenols is 2. The summed E-state index contributed by atoms with van der Waals surface area (Å²) in [6.07, 6.45) is 0. The highest BCUT2D eigenvalue weighted by Gasteiger charge is 2.21. The van der Waals surface area contributed by atoms with E-state index in [1.165, 1.54) is 0 Å². The van der Waals surface area contributed by atoms with E-state index in [-0.39, 0.29) is 23.3 Å². The highest BCUT2D eigenvalue weighted by molar-refractivity contribution is 5.42. The molecule has 0 spiro atoms. The zero-order chi connectivity index (χ0) is 21.5. The van der Waals surface area contributed by atoms with Crippen LogP contribution in [0.2, 0.25) is 0 Å². The fraction of sp³-hybridized carbons (Fsp3) is 0.143. The van der Waals surface area contributed by atoms with Crippen LogP contribution >= 0.6 is 0 Å². The maximum atomic E-state index is 10.5. The molecule has 0 aliphatic heterocycles. The van der Waals surface area contributed by atoms with Crippen LogP contribution in [-0.4, -0.2) is 23.4 Å². The number of hydrogen-bond donors (Lipinski definition) is 2. The lowest BCUT2D eigenvalue weighted by Gasteiger charge is -2.23. The van der Waals surface area contributed by atoms with Crippen molar-refractivity contribution in [2.45, 2.75) is 11.8 Å². The lowest BCUT2D eigenvalue weighted by atomic mass is 9.90. The Hall–Kier alpha value is -3.56. The first-order valence-corrected chi connectivity index (χ1v) is 10.5. The summed E-state index contributed by atoms with van der Waals surface area (Å²) in [6, 6.07) is 35.0. The third-order valence-corrected chi connectivity index (χ3v) is 5.60. The molecule has 0 bridgehead atoms. The second-order valence-corrected chi connectivity index (χ2v) is 7.58. The molecule has 4 rings (SSSR count). The topological polar surface area (TPSA) is 49.7 Å². The van der Waals surface area contributed by atoms with Gasteiger partial charge in [-0.15, -0.1) is 0 Å². The molecule has 0 fully saturated rings. The molecule has 0 aliphatic rings. The predicted molar refractivity (Wildman–Crippen MR) is 124 cm³/mol. The van der Waals surface area contributed by atoms with Gasteiger partial charge in [-0.3, -0.25) is 0 Å². The average Bonchev–Trinajstić information content (AvgIpc) is 2.82. The molecule has 156 valence electrons. The Morgan fingerprint density at radius 1 is 0.484 bits per heavy atom. The summed E-state index contributed by atoms with van der Waals surface area (Å²) < 4.78 is 6.26. The van der Waals surface area contributed by atoms with Gasteiger partial charge in [0, 0.05) is 23.0 Å². The number of phenolic OH excluding ortho intramolecular Hbond substituents is 2. The van der Waals surface area contributed by atoms with E-state index in [0.29, 0.717) is 13.2 Å². The zero-order valence-electron chi connectivity index (χ0n) is 17.3. The summed E-state index contributed by atoms with van der Waals surface area (Å²) in [5, 5.41) is 20.9. The van der Waals surface area contributed by atoms with Crippen LogP contribution in [0.4, 0.5) is 0 Å². The van der Waals surface area contributed by atoms with Crippen molar-refractivity contribution in [3.63, 3.8) is 0 Å². The third-order valence-electron chi connectivity index (χ3n) is 5.60. The first-order chi connectivity index (χ1) is 15.2. The third kappa shape index (κ3) is 4.96. The van der Waals surface area contributed by atoms with Crippen LogP contribution in [0.25, 0.3) is 0 Å². The van der Waals surface area contributed by atoms with E-state index < -0.39 is 0 Å². The summed E-state index contributed by atoms with van der Waals surface area (Å²) >= 11 is 0. The van der Waals surface area contributed by atoms with Crippen molar-refractivity contribution in [3.8, 4) is 11.5 Å². The van der Waals surface area contributed by atoms with E-state index in [0.717, 1.165) is 22.3 Å². The number of para-hydroxylation sites is 2. The van der Waals surface area contributed by atoms with Crippen LogP contribution in [0.3, 0.4) is 0 Å². The van der Waals surface area contributed by atoms with Crippen LogP contribution < -0.4 is 0 Å². The minimum Gasteiger partial charge on any atom is -0.508 e. The Morgan fingerprint density at radius 2 is 0.839 bits per heavy atom. The minimum atomic E-state index is -0.0943. The SMILES string of the molecule is Oc1ccccc1C(COCC(c1ccccc1)c1ccccc1O)c1ccccc1. The molecule has 4 aromatic rings. The molecular weight excluding hydrogens is 384 g/mol. The van der Waals surface area contributed by atoms with Crippen molar-refractivity contribution < 1.29 is 14.9 Å². The van der Waals surface area contributed by atoms with Crippen molar-refractivity contribution in [2.75, 3.05) is 13.2 Å². The maximum Gasteiger partial charge on any atom is 0.119 e. The van der Waals surface area contributed by atoms with Crippen molar-refractivity contribution in [1.82, 2.24) is 0 Å². The van der Waals surface area contributed by atoms with Crippen LogP contribution in [0.15, 0.2) is 109 Å². The summed E-state index contributed by atoms with van der Waals surface area (Å²) in [5.74, 6) is 0.340. The fourth-order valence-corrected chi connectivity index (χ4v) is 3.97. The molecule has 2 unspecified atom stereocenters. The molecule has 0 aromatic heterocycles. The van der Waals surface area contributed by atoms with Crippen LogP contribution in [0.1, 0.15) is 34.1 Å². The fourth-order valence-electron chi connectivity index (χ4n) is 3.97. The van der Waals surface area contributed by atoms with Crippen molar-refractivity contribution >= 4 is 0 Å². The van der Waals surface area contributed by atoms with Gasteiger partial charge in [0.25, 0.3) is 0 Å². The van der Waals surface area contributed by atoms with E-state index >= 15 is 0 Å². The van der Waals surface area contributed by atoms with E-state index in [1.807, 2.05) is 72.8 Å². The Bertz CT molecular complexity index is 1000. The van der Waals surface area contributed by atoms with E-state index in [2.05, 4.69) is 24.3 Å². The van der Waals surface area contributed by atoms with Crippen LogP contribution in [-0.2, 0) is 4.74 Å². The zero-order valence-corrected chi connectivity index (χ0v) is 17.3. The summed E-state index contributed by atoms with van der Waals surface area (Å²) in [6.45, 7) is 0.830. The standard InChI is InChI=1S/C28H26O3/c29-27-17-9-7-15-23(27)25(21-11-3-1-4-12-21)19-31-20-26(22-13-5-2-6-14-22)24-16-8-10-18-28(24)30/h1-18,25-26,29-30H,19-20H2. The first kappa shape index (κ1) is 20.7. The molecule has 3 nitrogen and oxygen atoms in total. The van der Waals surface area contributed by atoms with Gasteiger partial charge in [0.05, 0.1) is 13.2 Å². The summed E-state index contributed by atoms with van der Waals surface area (Å²) in [5.41, 5.74) is 3.85.